The molecule has 0 amide bonds. The van der Waals surface area contributed by atoms with Crippen molar-refractivity contribution in [1.29, 1.82) is 0 Å². The lowest BCUT2D eigenvalue weighted by molar-refractivity contribution is 0.794. The molecule has 0 fully saturated rings. The van der Waals surface area contributed by atoms with Crippen LogP contribution in [0.3, 0.4) is 0 Å². The Morgan fingerprint density at radius 2 is 0.783 bits per heavy atom. The van der Waals surface area contributed by atoms with Gasteiger partial charge in [0.05, 0.1) is 11.1 Å². The molecule has 0 aliphatic heterocycles. The van der Waals surface area contributed by atoms with Gasteiger partial charge in [-0.25, -0.2) is 0 Å². The third kappa shape index (κ3) is 4.47. The Kier molecular flexibility index (Phi) is 7.00. The number of rotatable bonds is 5. The van der Waals surface area contributed by atoms with Crippen molar-refractivity contribution < 1.29 is 0 Å². The molecule has 0 unspecified atom stereocenters. The molecule has 10 aromatic carbocycles. The van der Waals surface area contributed by atoms with E-state index in [-0.39, 0.29) is 5.41 Å². The van der Waals surface area contributed by atoms with Crippen molar-refractivity contribution in [2.24, 2.45) is 0 Å². The smallest absolute Gasteiger partial charge is 0.0725 e. The van der Waals surface area contributed by atoms with Gasteiger partial charge in [0.1, 0.15) is 0 Å². The number of nitrogens with zero attached hydrogens (tertiary/aromatic N) is 1. The van der Waals surface area contributed by atoms with Gasteiger partial charge in [-0.05, 0) is 125 Å². The molecule has 0 heterocycles. The normalized spacial score (nSPS) is 13.1. The first-order valence-electron chi connectivity index (χ1n) is 20.9. The molecular weight excluding hydrogens is 723 g/mol. The lowest BCUT2D eigenvalue weighted by Crippen LogP contribution is -2.25. The van der Waals surface area contributed by atoms with Gasteiger partial charge >= 0.3 is 0 Å². The van der Waals surface area contributed by atoms with Gasteiger partial charge in [0, 0.05) is 16.8 Å². The molecule has 3 aliphatic rings. The summed E-state index contributed by atoms with van der Waals surface area (Å²) in [4.78, 5) is 2.46. The van der Waals surface area contributed by atoms with E-state index in [4.69, 9.17) is 0 Å². The molecule has 1 nitrogen and oxygen atoms in total. The van der Waals surface area contributed by atoms with Crippen molar-refractivity contribution in [3.8, 4) is 66.8 Å². The highest BCUT2D eigenvalue weighted by molar-refractivity contribution is 6.19. The van der Waals surface area contributed by atoms with E-state index in [0.717, 1.165) is 17.1 Å². The number of fused-ring (bicyclic) bond motifs is 13. The molecule has 278 valence electrons. The van der Waals surface area contributed by atoms with Crippen LogP contribution in [0.25, 0.3) is 77.5 Å². The van der Waals surface area contributed by atoms with Crippen LogP contribution >= 0.6 is 0 Å². The fraction of sp³-hybridized carbons (Fsp3) is 0.0169. The molecule has 0 bridgehead atoms. The Hall–Kier alpha value is -7.74. The van der Waals surface area contributed by atoms with Gasteiger partial charge in [0.15, 0.2) is 0 Å². The van der Waals surface area contributed by atoms with Crippen molar-refractivity contribution in [1.82, 2.24) is 0 Å². The first-order valence-corrected chi connectivity index (χ1v) is 20.9. The van der Waals surface area contributed by atoms with Gasteiger partial charge < -0.3 is 4.90 Å². The van der Waals surface area contributed by atoms with E-state index in [0.29, 0.717) is 0 Å². The Balaban J connectivity index is 1.03. The maximum atomic E-state index is 2.46. The Morgan fingerprint density at radius 1 is 0.283 bits per heavy atom. The SMILES string of the molecule is c1ccc(-c2ccc(N(c3cccc(-c4cccc5c4-c4ccccc4C54c5ccccc5-c5ccccc54)c3)c3ccc4c5c(cccc35)-c3ccccc3-4)cc2)cc1. The molecule has 0 saturated carbocycles. The summed E-state index contributed by atoms with van der Waals surface area (Å²) in [6.07, 6.45) is 0. The van der Waals surface area contributed by atoms with Gasteiger partial charge in [-0.3, -0.25) is 0 Å². The molecule has 10 aromatic rings. The van der Waals surface area contributed by atoms with Gasteiger partial charge in [0.2, 0.25) is 0 Å². The van der Waals surface area contributed by atoms with Crippen LogP contribution in [0.1, 0.15) is 22.3 Å². The van der Waals surface area contributed by atoms with Gasteiger partial charge in [-0.15, -0.1) is 0 Å². The third-order valence-electron chi connectivity index (χ3n) is 13.4. The second-order valence-electron chi connectivity index (χ2n) is 16.3. The lowest BCUT2D eigenvalue weighted by atomic mass is 9.70. The van der Waals surface area contributed by atoms with Crippen LogP contribution in [-0.2, 0) is 5.41 Å². The fourth-order valence-electron chi connectivity index (χ4n) is 11.0. The summed E-state index contributed by atoms with van der Waals surface area (Å²) in [5.41, 5.74) is 23.8. The van der Waals surface area contributed by atoms with E-state index >= 15 is 0 Å². The largest absolute Gasteiger partial charge is 0.310 e. The van der Waals surface area contributed by atoms with Crippen molar-refractivity contribution >= 4 is 27.8 Å². The molecule has 3 aliphatic carbocycles. The van der Waals surface area contributed by atoms with Crippen LogP contribution in [0.2, 0.25) is 0 Å². The number of anilines is 3. The summed E-state index contributed by atoms with van der Waals surface area (Å²) < 4.78 is 0. The molecule has 0 radical (unpaired) electrons. The van der Waals surface area contributed by atoms with Crippen LogP contribution in [0, 0.1) is 0 Å². The topological polar surface area (TPSA) is 3.24 Å². The number of hydrogen-bond donors (Lipinski definition) is 0. The quantitative estimate of drug-likeness (QED) is 0.169. The van der Waals surface area contributed by atoms with Crippen LogP contribution in [0.5, 0.6) is 0 Å². The molecular formula is C59H37N. The van der Waals surface area contributed by atoms with Crippen molar-refractivity contribution in [2.75, 3.05) is 4.90 Å². The minimum atomic E-state index is -0.387. The fourth-order valence-corrected chi connectivity index (χ4v) is 11.0. The Labute approximate surface area is 350 Å². The summed E-state index contributed by atoms with van der Waals surface area (Å²) in [5, 5.41) is 2.56. The first-order chi connectivity index (χ1) is 29.8. The van der Waals surface area contributed by atoms with Gasteiger partial charge in [0.25, 0.3) is 0 Å². The van der Waals surface area contributed by atoms with Gasteiger partial charge in [-0.1, -0.05) is 194 Å². The standard InChI is InChI=1S/C59H37N/c1-2-15-38(16-3-1)39-31-33-41(34-32-39)60(56-36-35-49-45-20-5-4-19-44(45)48-25-13-26-51(56)57(48)49)42-18-12-17-40(37-42)43-24-14-30-55-58(43)50-23-8-11-29-54(50)59(55)52-27-9-6-21-46(52)47-22-7-10-28-53(47)59/h1-37H. The van der Waals surface area contributed by atoms with Crippen molar-refractivity contribution in [3.63, 3.8) is 0 Å². The monoisotopic (exact) mass is 759 g/mol. The molecule has 1 heteroatoms. The van der Waals surface area contributed by atoms with E-state index in [2.05, 4.69) is 229 Å². The average molecular weight is 760 g/mol. The highest BCUT2D eigenvalue weighted by Gasteiger charge is 2.52. The molecule has 13 rings (SSSR count). The van der Waals surface area contributed by atoms with E-state index in [1.165, 1.54) is 99.8 Å². The van der Waals surface area contributed by atoms with Crippen LogP contribution < -0.4 is 4.90 Å². The zero-order valence-electron chi connectivity index (χ0n) is 32.8. The highest BCUT2D eigenvalue weighted by atomic mass is 15.1. The van der Waals surface area contributed by atoms with Crippen LogP contribution in [0.15, 0.2) is 224 Å². The highest BCUT2D eigenvalue weighted by Crippen LogP contribution is 2.64. The maximum absolute atomic E-state index is 2.46. The van der Waals surface area contributed by atoms with E-state index < -0.39 is 0 Å². The maximum Gasteiger partial charge on any atom is 0.0725 e. The van der Waals surface area contributed by atoms with E-state index in [9.17, 15) is 0 Å². The second kappa shape index (κ2) is 12.6. The van der Waals surface area contributed by atoms with Crippen LogP contribution in [0.4, 0.5) is 17.1 Å². The summed E-state index contributed by atoms with van der Waals surface area (Å²) in [6, 6.07) is 83.4. The zero-order valence-corrected chi connectivity index (χ0v) is 32.8. The first kappa shape index (κ1) is 33.3. The van der Waals surface area contributed by atoms with Crippen molar-refractivity contribution in [3.05, 3.63) is 247 Å². The summed E-state index contributed by atoms with van der Waals surface area (Å²) in [7, 11) is 0. The zero-order chi connectivity index (χ0) is 39.4. The summed E-state index contributed by atoms with van der Waals surface area (Å²) in [6.45, 7) is 0. The summed E-state index contributed by atoms with van der Waals surface area (Å²) >= 11 is 0. The molecule has 0 saturated heterocycles. The van der Waals surface area contributed by atoms with Gasteiger partial charge in [-0.2, -0.15) is 0 Å². The Bertz CT molecular complexity index is 3300. The predicted octanol–water partition coefficient (Wildman–Crippen LogP) is 15.6. The van der Waals surface area contributed by atoms with Crippen LogP contribution in [-0.4, -0.2) is 0 Å². The second-order valence-corrected chi connectivity index (χ2v) is 16.3. The summed E-state index contributed by atoms with van der Waals surface area (Å²) in [5.74, 6) is 0. The van der Waals surface area contributed by atoms with E-state index in [1.807, 2.05) is 0 Å². The predicted molar refractivity (Wildman–Crippen MR) is 250 cm³/mol. The van der Waals surface area contributed by atoms with Crippen molar-refractivity contribution in [2.45, 2.75) is 5.41 Å². The number of benzene rings is 10. The third-order valence-corrected chi connectivity index (χ3v) is 13.4. The lowest BCUT2D eigenvalue weighted by Gasteiger charge is -2.30. The molecule has 1 spiro atoms. The molecule has 0 N–H and O–H groups in total. The molecule has 60 heavy (non-hydrogen) atoms. The minimum Gasteiger partial charge on any atom is -0.310 e. The molecule has 0 aromatic heterocycles. The Morgan fingerprint density at radius 3 is 1.50 bits per heavy atom. The average Bonchev–Trinajstić information content (AvgIpc) is 3.93. The number of hydrogen-bond acceptors (Lipinski definition) is 1. The molecule has 0 atom stereocenters. The minimum absolute atomic E-state index is 0.387. The van der Waals surface area contributed by atoms with E-state index in [1.54, 1.807) is 0 Å².